The molecule has 2 aromatic carbocycles. The number of hydrogen-bond acceptors (Lipinski definition) is 4. The van der Waals surface area contributed by atoms with Crippen molar-refractivity contribution in [2.24, 2.45) is 0 Å². The van der Waals surface area contributed by atoms with Crippen molar-refractivity contribution in [3.05, 3.63) is 59.4 Å². The number of fused-ring (bicyclic) bond motifs is 1. The Kier molecular flexibility index (Phi) is 5.06. The zero-order valence-corrected chi connectivity index (χ0v) is 17.9. The molecule has 0 atom stereocenters. The molecule has 31 heavy (non-hydrogen) atoms. The molecule has 8 heteroatoms. The number of para-hydroxylation sites is 1. The number of hydrogen-bond donors (Lipinski definition) is 1. The molecule has 1 saturated carbocycles. The Morgan fingerprint density at radius 1 is 0.935 bits per heavy atom. The number of piperazine rings is 1. The number of nitrogens with one attached hydrogen (secondary N) is 1. The fourth-order valence-electron chi connectivity index (χ4n) is 4.74. The Hall–Kier alpha value is -2.71. The Balaban J connectivity index is 1.40. The van der Waals surface area contributed by atoms with E-state index in [1.165, 1.54) is 10.4 Å². The molecule has 1 amide bonds. The first-order chi connectivity index (χ1) is 14.9. The van der Waals surface area contributed by atoms with Crippen molar-refractivity contribution in [1.82, 2.24) is 4.31 Å². The molecule has 2 heterocycles. The third-order valence-corrected chi connectivity index (χ3v) is 8.26. The molecular formula is C23H24FN3O3S. The van der Waals surface area contributed by atoms with E-state index >= 15 is 0 Å². The van der Waals surface area contributed by atoms with Crippen molar-refractivity contribution in [2.45, 2.75) is 30.6 Å². The van der Waals surface area contributed by atoms with Crippen molar-refractivity contribution in [1.29, 1.82) is 0 Å². The molecule has 6 nitrogen and oxygen atoms in total. The van der Waals surface area contributed by atoms with Gasteiger partial charge in [0.25, 0.3) is 5.91 Å². The summed E-state index contributed by atoms with van der Waals surface area (Å²) in [4.78, 5) is 14.6. The number of carbonyl (C=O) groups is 1. The number of sulfonamides is 1. The summed E-state index contributed by atoms with van der Waals surface area (Å²) in [5, 5.41) is 2.86. The molecule has 3 aliphatic rings. The van der Waals surface area contributed by atoms with Crippen LogP contribution in [0.25, 0.3) is 5.57 Å². The summed E-state index contributed by atoms with van der Waals surface area (Å²) in [7, 11) is -3.71. The van der Waals surface area contributed by atoms with E-state index in [1.807, 2.05) is 4.90 Å². The highest BCUT2D eigenvalue weighted by Crippen LogP contribution is 2.40. The number of amides is 1. The molecule has 0 bridgehead atoms. The summed E-state index contributed by atoms with van der Waals surface area (Å²) in [5.74, 6) is -0.443. The van der Waals surface area contributed by atoms with Gasteiger partial charge >= 0.3 is 0 Å². The number of benzene rings is 2. The van der Waals surface area contributed by atoms with Crippen LogP contribution >= 0.6 is 0 Å². The monoisotopic (exact) mass is 441 g/mol. The molecular weight excluding hydrogens is 417 g/mol. The molecule has 0 radical (unpaired) electrons. The Morgan fingerprint density at radius 2 is 1.65 bits per heavy atom. The van der Waals surface area contributed by atoms with Gasteiger partial charge < -0.3 is 10.2 Å². The van der Waals surface area contributed by atoms with Gasteiger partial charge in [-0.05, 0) is 56.0 Å². The number of carbonyl (C=O) groups excluding carboxylic acids is 1. The van der Waals surface area contributed by atoms with Crippen LogP contribution in [0.2, 0.25) is 0 Å². The normalized spacial score (nSPS) is 19.6. The van der Waals surface area contributed by atoms with Gasteiger partial charge in [0.15, 0.2) is 0 Å². The fraction of sp³-hybridized carbons (Fsp3) is 0.348. The van der Waals surface area contributed by atoms with Crippen LogP contribution in [-0.4, -0.2) is 44.8 Å². The van der Waals surface area contributed by atoms with Crippen LogP contribution in [0.1, 0.15) is 31.2 Å². The first kappa shape index (κ1) is 20.2. The fourth-order valence-corrected chi connectivity index (χ4v) is 6.19. The minimum atomic E-state index is -3.71. The van der Waals surface area contributed by atoms with E-state index in [1.54, 1.807) is 36.4 Å². The average molecular weight is 442 g/mol. The van der Waals surface area contributed by atoms with E-state index < -0.39 is 10.0 Å². The van der Waals surface area contributed by atoms with Gasteiger partial charge in [0.1, 0.15) is 5.82 Å². The second-order valence-electron chi connectivity index (χ2n) is 8.19. The van der Waals surface area contributed by atoms with E-state index in [0.29, 0.717) is 35.6 Å². The molecule has 0 spiro atoms. The topological polar surface area (TPSA) is 69.7 Å². The summed E-state index contributed by atoms with van der Waals surface area (Å²) in [5.41, 5.74) is 3.61. The predicted molar refractivity (Wildman–Crippen MR) is 118 cm³/mol. The maximum atomic E-state index is 14.1. The quantitative estimate of drug-likeness (QED) is 0.739. The van der Waals surface area contributed by atoms with Crippen LogP contribution in [0.15, 0.2) is 52.9 Å². The molecule has 0 aromatic heterocycles. The van der Waals surface area contributed by atoms with Gasteiger partial charge in [-0.3, -0.25) is 4.79 Å². The molecule has 2 fully saturated rings. The number of allylic oxidation sites excluding steroid dienone is 1. The van der Waals surface area contributed by atoms with E-state index in [9.17, 15) is 17.6 Å². The zero-order valence-electron chi connectivity index (χ0n) is 17.1. The van der Waals surface area contributed by atoms with Crippen molar-refractivity contribution >= 4 is 32.9 Å². The lowest BCUT2D eigenvalue weighted by Gasteiger charge is -2.35. The molecule has 162 valence electrons. The lowest BCUT2D eigenvalue weighted by Crippen LogP contribution is -2.48. The van der Waals surface area contributed by atoms with E-state index in [4.69, 9.17) is 0 Å². The molecule has 1 aliphatic carbocycles. The highest BCUT2D eigenvalue weighted by atomic mass is 32.2. The third kappa shape index (κ3) is 3.53. The lowest BCUT2D eigenvalue weighted by molar-refractivity contribution is -0.110. The minimum Gasteiger partial charge on any atom is -0.367 e. The number of rotatable bonds is 3. The number of nitrogens with zero attached hydrogens (tertiary/aromatic N) is 2. The number of halogens is 1. The van der Waals surface area contributed by atoms with Crippen molar-refractivity contribution < 1.29 is 17.6 Å². The first-order valence-electron chi connectivity index (χ1n) is 10.6. The van der Waals surface area contributed by atoms with E-state index in [0.717, 1.165) is 31.3 Å². The van der Waals surface area contributed by atoms with E-state index in [2.05, 4.69) is 5.32 Å². The van der Waals surface area contributed by atoms with Crippen molar-refractivity contribution in [3.63, 3.8) is 0 Å². The highest BCUT2D eigenvalue weighted by Gasteiger charge is 2.33. The van der Waals surface area contributed by atoms with Gasteiger partial charge in [-0.1, -0.05) is 17.7 Å². The number of anilines is 2. The van der Waals surface area contributed by atoms with Gasteiger partial charge in [-0.25, -0.2) is 12.8 Å². The standard InChI is InChI=1S/C23H24FN3O3S/c24-19-7-3-4-8-21(19)26-11-13-27(14-12-26)31(29,30)17-9-10-20-18(15-17)22(23(28)25-20)16-5-1-2-6-16/h3-4,7-10,15H,1-2,5-6,11-14H2,(H,25,28). The van der Waals surface area contributed by atoms with Gasteiger partial charge in [0.2, 0.25) is 10.0 Å². The van der Waals surface area contributed by atoms with Crippen molar-refractivity contribution in [3.8, 4) is 0 Å². The van der Waals surface area contributed by atoms with Crippen LogP contribution in [0.5, 0.6) is 0 Å². The van der Waals surface area contributed by atoms with Crippen LogP contribution in [-0.2, 0) is 14.8 Å². The second kappa shape index (κ2) is 7.76. The summed E-state index contributed by atoms with van der Waals surface area (Å²) in [6, 6.07) is 11.4. The van der Waals surface area contributed by atoms with Gasteiger partial charge in [0, 0.05) is 43.0 Å². The largest absolute Gasteiger partial charge is 0.367 e. The van der Waals surface area contributed by atoms with Crippen LogP contribution in [0.4, 0.5) is 15.8 Å². The predicted octanol–water partition coefficient (Wildman–Crippen LogP) is 3.62. The lowest BCUT2D eigenvalue weighted by atomic mass is 10.00. The summed E-state index contributed by atoms with van der Waals surface area (Å²) in [6.45, 7) is 1.39. The van der Waals surface area contributed by atoms with Crippen molar-refractivity contribution in [2.75, 3.05) is 36.4 Å². The van der Waals surface area contributed by atoms with Gasteiger partial charge in [-0.15, -0.1) is 0 Å². The maximum absolute atomic E-state index is 14.1. The first-order valence-corrected chi connectivity index (χ1v) is 12.1. The van der Waals surface area contributed by atoms with Gasteiger partial charge in [-0.2, -0.15) is 4.31 Å². The van der Waals surface area contributed by atoms with E-state index in [-0.39, 0.29) is 29.7 Å². The Labute approximate surface area is 181 Å². The summed E-state index contributed by atoms with van der Waals surface area (Å²) in [6.07, 6.45) is 3.89. The smallest absolute Gasteiger partial charge is 0.256 e. The van der Waals surface area contributed by atoms with Gasteiger partial charge in [0.05, 0.1) is 10.6 Å². The summed E-state index contributed by atoms with van der Waals surface area (Å²) >= 11 is 0. The Morgan fingerprint density at radius 3 is 2.35 bits per heavy atom. The third-order valence-electron chi connectivity index (χ3n) is 6.37. The molecule has 2 aliphatic heterocycles. The van der Waals surface area contributed by atoms with Crippen LogP contribution < -0.4 is 10.2 Å². The highest BCUT2D eigenvalue weighted by molar-refractivity contribution is 7.89. The Bertz CT molecular complexity index is 1180. The average Bonchev–Trinajstić information content (AvgIpc) is 3.40. The molecule has 0 unspecified atom stereocenters. The molecule has 1 saturated heterocycles. The SMILES string of the molecule is O=C1Nc2ccc(S(=O)(=O)N3CCN(c4ccccc4F)CC3)cc2C1=C1CCCC1. The molecule has 5 rings (SSSR count). The molecule has 1 N–H and O–H groups in total. The van der Waals surface area contributed by atoms with Crippen LogP contribution in [0.3, 0.4) is 0 Å². The zero-order chi connectivity index (χ0) is 21.6. The minimum absolute atomic E-state index is 0.139. The molecule has 2 aromatic rings. The second-order valence-corrected chi connectivity index (χ2v) is 10.1. The van der Waals surface area contributed by atoms with Crippen LogP contribution in [0, 0.1) is 5.82 Å². The summed E-state index contributed by atoms with van der Waals surface area (Å²) < 4.78 is 42.2. The maximum Gasteiger partial charge on any atom is 0.256 e.